The van der Waals surface area contributed by atoms with E-state index in [0.29, 0.717) is 24.5 Å². The van der Waals surface area contributed by atoms with Gasteiger partial charge in [0.2, 0.25) is 5.91 Å². The molecule has 356 valence electrons. The monoisotopic (exact) mass is 918 g/mol. The smallest absolute Gasteiger partial charge is 0.462 e. The summed E-state index contributed by atoms with van der Waals surface area (Å²) < 4.78 is 33.9. The third-order valence-corrected chi connectivity index (χ3v) is 14.8. The Labute approximate surface area is 380 Å². The quantitative estimate of drug-likeness (QED) is 0.0199. The highest BCUT2D eigenvalue weighted by molar-refractivity contribution is 8.77. The van der Waals surface area contributed by atoms with Crippen LogP contribution in [0.25, 0.3) is 0 Å². The number of rotatable bonds is 44. The lowest BCUT2D eigenvalue weighted by Gasteiger charge is -2.20. The Morgan fingerprint density at radius 3 is 1.64 bits per heavy atom. The Morgan fingerprint density at radius 2 is 1.13 bits per heavy atom. The minimum atomic E-state index is -4.53. The van der Waals surface area contributed by atoms with Crippen molar-refractivity contribution in [2.75, 3.05) is 32.1 Å². The van der Waals surface area contributed by atoms with Crippen LogP contribution in [0.1, 0.15) is 219 Å². The second kappa shape index (κ2) is 42.6. The number of carbonyl (C=O) groups is 3. The first-order valence-corrected chi connectivity index (χ1v) is 28.4. The molecule has 61 heavy (non-hydrogen) atoms. The third kappa shape index (κ3) is 40.0. The first kappa shape index (κ1) is 57.7. The molecular formula is C48H88NO9PS2. The van der Waals surface area contributed by atoms with Crippen molar-refractivity contribution in [2.24, 2.45) is 0 Å². The van der Waals surface area contributed by atoms with E-state index in [9.17, 15) is 23.8 Å². The van der Waals surface area contributed by atoms with Gasteiger partial charge in [0.15, 0.2) is 6.10 Å². The van der Waals surface area contributed by atoms with Crippen molar-refractivity contribution in [1.82, 2.24) is 5.32 Å². The van der Waals surface area contributed by atoms with E-state index in [1.807, 2.05) is 21.6 Å². The summed E-state index contributed by atoms with van der Waals surface area (Å²) in [5.74, 6) is 0.152. The first-order valence-electron chi connectivity index (χ1n) is 24.6. The SMILES string of the molecule is CCCCCCCC/C=C/CCCCCCCC(=O)OCC(COP(=O)(O)OCCNC(=O)CCCC1CCSS1)OC(=O)CCCCCCC/C=C/CCCCCCCC. The number of esters is 2. The van der Waals surface area contributed by atoms with Crippen LogP contribution >= 0.6 is 29.4 Å². The van der Waals surface area contributed by atoms with E-state index in [1.54, 1.807) is 0 Å². The van der Waals surface area contributed by atoms with E-state index in [-0.39, 0.29) is 38.5 Å². The Bertz CT molecular complexity index is 1170. The standard InChI is InChI=1S/C48H88NO9PS2/c1-3-5-7-9-11-13-15-17-19-21-23-25-27-29-31-36-47(51)55-42-44(43-57-59(53,54)56-40-39-49-46(50)35-33-34-45-38-41-60-61-45)58-48(52)37-32-30-28-26-24-22-20-18-16-14-12-10-8-6-4-2/h17-20,44-45H,3-16,21-43H2,1-2H3,(H,49,50)(H,53,54)/b19-17+,20-18+. The average molecular weight is 918 g/mol. The maximum atomic E-state index is 12.8. The molecule has 10 nitrogen and oxygen atoms in total. The van der Waals surface area contributed by atoms with Gasteiger partial charge in [0.25, 0.3) is 0 Å². The van der Waals surface area contributed by atoms with Crippen LogP contribution in [0, 0.1) is 0 Å². The van der Waals surface area contributed by atoms with Crippen molar-refractivity contribution in [2.45, 2.75) is 231 Å². The van der Waals surface area contributed by atoms with Gasteiger partial charge < -0.3 is 19.7 Å². The fourth-order valence-corrected chi connectivity index (χ4v) is 10.8. The summed E-state index contributed by atoms with van der Waals surface area (Å²) in [6, 6.07) is 0. The van der Waals surface area contributed by atoms with Crippen molar-refractivity contribution in [3.63, 3.8) is 0 Å². The number of phosphoric ester groups is 1. The molecule has 0 spiro atoms. The number of allylic oxidation sites excluding steroid dienone is 4. The highest BCUT2D eigenvalue weighted by Crippen LogP contribution is 2.43. The van der Waals surface area contributed by atoms with Gasteiger partial charge in [-0.25, -0.2) is 4.57 Å². The third-order valence-electron chi connectivity index (χ3n) is 10.8. The number of ether oxygens (including phenoxy) is 2. The molecule has 2 N–H and O–H groups in total. The molecular weight excluding hydrogens is 830 g/mol. The van der Waals surface area contributed by atoms with E-state index >= 15 is 0 Å². The van der Waals surface area contributed by atoms with Crippen LogP contribution in [-0.4, -0.2) is 66.2 Å². The highest BCUT2D eigenvalue weighted by atomic mass is 33.1. The van der Waals surface area contributed by atoms with Gasteiger partial charge in [-0.05, 0) is 83.5 Å². The molecule has 0 aromatic rings. The molecule has 1 amide bonds. The fraction of sp³-hybridized carbons (Fsp3) is 0.854. The largest absolute Gasteiger partial charge is 0.472 e. The first-order chi connectivity index (χ1) is 29.8. The summed E-state index contributed by atoms with van der Waals surface area (Å²) >= 11 is 0. The Hall–Kier alpha value is -1.30. The van der Waals surface area contributed by atoms with Gasteiger partial charge in [-0.2, -0.15) is 0 Å². The Balaban J connectivity index is 2.36. The predicted molar refractivity (Wildman–Crippen MR) is 257 cm³/mol. The summed E-state index contributed by atoms with van der Waals surface area (Å²) in [6.45, 7) is 3.57. The minimum absolute atomic E-state index is 0.0586. The van der Waals surface area contributed by atoms with Crippen molar-refractivity contribution in [3.8, 4) is 0 Å². The molecule has 3 unspecified atom stereocenters. The summed E-state index contributed by atoms with van der Waals surface area (Å²) in [5.41, 5.74) is 0. The van der Waals surface area contributed by atoms with Crippen LogP contribution in [0.2, 0.25) is 0 Å². The minimum Gasteiger partial charge on any atom is -0.462 e. The summed E-state index contributed by atoms with van der Waals surface area (Å²) in [5, 5.41) is 3.32. The molecule has 1 aliphatic heterocycles. The van der Waals surface area contributed by atoms with Crippen LogP contribution in [0.3, 0.4) is 0 Å². The van der Waals surface area contributed by atoms with Crippen molar-refractivity contribution in [1.29, 1.82) is 0 Å². The fourth-order valence-electron chi connectivity index (χ4n) is 7.01. The summed E-state index contributed by atoms with van der Waals surface area (Å²) in [4.78, 5) is 47.8. The topological polar surface area (TPSA) is 137 Å². The van der Waals surface area contributed by atoms with Gasteiger partial charge in [-0.3, -0.25) is 23.4 Å². The van der Waals surface area contributed by atoms with E-state index < -0.39 is 32.5 Å². The van der Waals surface area contributed by atoms with Crippen LogP contribution in [0.15, 0.2) is 24.3 Å². The van der Waals surface area contributed by atoms with Crippen molar-refractivity contribution < 1.29 is 42.4 Å². The van der Waals surface area contributed by atoms with E-state index in [0.717, 1.165) is 82.8 Å². The second-order valence-electron chi connectivity index (χ2n) is 16.6. The number of phosphoric acid groups is 1. The van der Waals surface area contributed by atoms with Gasteiger partial charge in [0, 0.05) is 36.8 Å². The normalized spacial score (nSPS) is 15.7. The van der Waals surface area contributed by atoms with E-state index in [2.05, 4.69) is 43.5 Å². The number of nitrogens with one attached hydrogen (secondary N) is 1. The molecule has 1 aliphatic rings. The molecule has 0 aromatic carbocycles. The molecule has 3 atom stereocenters. The van der Waals surface area contributed by atoms with E-state index in [1.165, 1.54) is 96.3 Å². The average Bonchev–Trinajstić information content (AvgIpc) is 3.77. The number of carbonyl (C=O) groups excluding carboxylic acids is 3. The molecule has 0 radical (unpaired) electrons. The van der Waals surface area contributed by atoms with E-state index in [4.69, 9.17) is 18.5 Å². The zero-order valence-electron chi connectivity index (χ0n) is 38.6. The lowest BCUT2D eigenvalue weighted by Crippen LogP contribution is -2.30. The summed E-state index contributed by atoms with van der Waals surface area (Å²) in [6.07, 6.45) is 42.2. The van der Waals surface area contributed by atoms with Crippen LogP contribution in [0.4, 0.5) is 0 Å². The Kier molecular flexibility index (Phi) is 40.3. The molecule has 1 rings (SSSR count). The predicted octanol–water partition coefficient (Wildman–Crippen LogP) is 14.1. The molecule has 1 fully saturated rings. The van der Waals surface area contributed by atoms with Crippen LogP contribution in [0.5, 0.6) is 0 Å². The van der Waals surface area contributed by atoms with Crippen LogP contribution < -0.4 is 5.32 Å². The molecule has 0 bridgehead atoms. The Morgan fingerprint density at radius 1 is 0.639 bits per heavy atom. The van der Waals surface area contributed by atoms with Crippen molar-refractivity contribution >= 4 is 47.3 Å². The highest BCUT2D eigenvalue weighted by Gasteiger charge is 2.26. The number of unbranched alkanes of at least 4 members (excludes halogenated alkanes) is 22. The number of hydrogen-bond acceptors (Lipinski definition) is 10. The molecule has 1 saturated heterocycles. The molecule has 0 aliphatic carbocycles. The second-order valence-corrected chi connectivity index (χ2v) is 20.9. The summed E-state index contributed by atoms with van der Waals surface area (Å²) in [7, 11) is -0.762. The maximum absolute atomic E-state index is 12.8. The lowest BCUT2D eigenvalue weighted by atomic mass is 10.1. The molecule has 1 heterocycles. The zero-order chi connectivity index (χ0) is 44.3. The number of hydrogen-bond donors (Lipinski definition) is 2. The van der Waals surface area contributed by atoms with Gasteiger partial charge in [0.1, 0.15) is 6.61 Å². The molecule has 13 heteroatoms. The lowest BCUT2D eigenvalue weighted by molar-refractivity contribution is -0.161. The van der Waals surface area contributed by atoms with Gasteiger partial charge in [0.05, 0.1) is 13.2 Å². The van der Waals surface area contributed by atoms with Crippen LogP contribution in [-0.2, 0) is 37.5 Å². The molecule has 0 saturated carbocycles. The van der Waals surface area contributed by atoms with Gasteiger partial charge in [-0.15, -0.1) is 0 Å². The number of amides is 1. The van der Waals surface area contributed by atoms with Gasteiger partial charge in [-0.1, -0.05) is 162 Å². The van der Waals surface area contributed by atoms with Crippen molar-refractivity contribution in [3.05, 3.63) is 24.3 Å². The van der Waals surface area contributed by atoms with Gasteiger partial charge >= 0.3 is 19.8 Å². The molecule has 0 aromatic heterocycles. The maximum Gasteiger partial charge on any atom is 0.472 e. The zero-order valence-corrected chi connectivity index (χ0v) is 41.1.